The van der Waals surface area contributed by atoms with Crippen molar-refractivity contribution in [2.75, 3.05) is 13.1 Å². The first-order valence-electron chi connectivity index (χ1n) is 15.9. The molecule has 1 aromatic heterocycles. The first kappa shape index (κ1) is 27.2. The van der Waals surface area contributed by atoms with Crippen molar-refractivity contribution >= 4 is 5.91 Å². The van der Waals surface area contributed by atoms with Crippen LogP contribution in [0.2, 0.25) is 0 Å². The predicted octanol–water partition coefficient (Wildman–Crippen LogP) is 6.20. The summed E-state index contributed by atoms with van der Waals surface area (Å²) in [5.41, 5.74) is 2.28. The number of piperidine rings is 1. The van der Waals surface area contributed by atoms with E-state index in [1.54, 1.807) is 17.8 Å². The van der Waals surface area contributed by atoms with E-state index in [2.05, 4.69) is 36.8 Å². The molecule has 1 amide bonds. The lowest BCUT2D eigenvalue weighted by Crippen LogP contribution is -2.50. The number of hydrogen-bond donors (Lipinski definition) is 1. The van der Waals surface area contributed by atoms with Crippen LogP contribution in [0.25, 0.3) is 0 Å². The summed E-state index contributed by atoms with van der Waals surface area (Å²) in [6.45, 7) is 9.06. The van der Waals surface area contributed by atoms with E-state index in [0.29, 0.717) is 41.5 Å². The lowest BCUT2D eigenvalue weighted by molar-refractivity contribution is -0.134. The molecule has 0 aromatic carbocycles. The number of allylic oxidation sites excluding steroid dienone is 1. The fourth-order valence-electron chi connectivity index (χ4n) is 10.1. The van der Waals surface area contributed by atoms with Crippen LogP contribution in [0.3, 0.4) is 0 Å². The number of amides is 1. The standard InChI is InChI=1S/C33H49N3O3/c1-22(6-11-31(38)36-18-4-5-25(20-36)39-30-14-17-34-21-35-30)27-9-10-28-26-8-7-23-19-24(37)12-15-32(23,2)29(26)13-16-33(27,28)3/h7,14,17,21-22,24-29,37H,4-6,8-13,15-16,18-20H2,1-3H3/t22?,24-,25+,26-,27+,28-,29-,32-,33+/m0/s1. The number of nitrogens with zero attached hydrogens (tertiary/aromatic N) is 3. The van der Waals surface area contributed by atoms with E-state index in [-0.39, 0.29) is 12.2 Å². The van der Waals surface area contributed by atoms with E-state index >= 15 is 0 Å². The Bertz CT molecular complexity index is 1060. The van der Waals surface area contributed by atoms with Gasteiger partial charge in [-0.2, -0.15) is 0 Å². The van der Waals surface area contributed by atoms with Gasteiger partial charge in [0, 0.05) is 25.2 Å². The van der Waals surface area contributed by atoms with Gasteiger partial charge in [-0.3, -0.25) is 4.79 Å². The highest BCUT2D eigenvalue weighted by Gasteiger charge is 2.59. The zero-order chi connectivity index (χ0) is 27.2. The summed E-state index contributed by atoms with van der Waals surface area (Å²) in [6, 6.07) is 1.79. The first-order chi connectivity index (χ1) is 18.8. The zero-order valence-corrected chi connectivity index (χ0v) is 24.4. The van der Waals surface area contributed by atoms with Gasteiger partial charge in [-0.1, -0.05) is 32.4 Å². The summed E-state index contributed by atoms with van der Waals surface area (Å²) in [5, 5.41) is 10.3. The SMILES string of the molecule is CC(CCC(=O)N1CCC[C@@H](Oc2ccncn2)C1)[C@H]1CC[C@H]2[C@@H]3CC=C4C[C@@H](O)CC[C@]4(C)[C@H]3CC[C@]12C. The smallest absolute Gasteiger partial charge is 0.222 e. The number of hydrogen-bond acceptors (Lipinski definition) is 5. The summed E-state index contributed by atoms with van der Waals surface area (Å²) in [5.74, 6) is 4.58. The molecule has 0 radical (unpaired) electrons. The number of aromatic nitrogens is 2. The number of carbonyl (C=O) groups excluding carboxylic acids is 1. The van der Waals surface area contributed by atoms with Gasteiger partial charge in [-0.25, -0.2) is 9.97 Å². The van der Waals surface area contributed by atoms with Crippen LogP contribution in [0.15, 0.2) is 30.2 Å². The maximum atomic E-state index is 13.3. The van der Waals surface area contributed by atoms with Gasteiger partial charge in [0.2, 0.25) is 11.8 Å². The number of likely N-dealkylation sites (tertiary alicyclic amines) is 1. The maximum absolute atomic E-state index is 13.3. The van der Waals surface area contributed by atoms with E-state index in [1.807, 2.05) is 4.90 Å². The molecule has 6 heteroatoms. The van der Waals surface area contributed by atoms with Gasteiger partial charge < -0.3 is 14.7 Å². The molecule has 214 valence electrons. The molecule has 0 spiro atoms. The Morgan fingerprint density at radius 2 is 2.05 bits per heavy atom. The van der Waals surface area contributed by atoms with Gasteiger partial charge in [0.25, 0.3) is 0 Å². The van der Waals surface area contributed by atoms with Gasteiger partial charge >= 0.3 is 0 Å². The summed E-state index contributed by atoms with van der Waals surface area (Å²) in [4.78, 5) is 23.5. The van der Waals surface area contributed by atoms with Crippen LogP contribution in [0.5, 0.6) is 5.88 Å². The third kappa shape index (κ3) is 5.04. The second-order valence-corrected chi connectivity index (χ2v) is 14.2. The molecule has 1 aromatic rings. The fraction of sp³-hybridized carbons (Fsp3) is 0.788. The van der Waals surface area contributed by atoms with E-state index in [9.17, 15) is 9.90 Å². The number of fused-ring (bicyclic) bond motifs is 5. The molecule has 4 fully saturated rings. The molecule has 1 saturated heterocycles. The molecule has 6 nitrogen and oxygen atoms in total. The van der Waals surface area contributed by atoms with Crippen molar-refractivity contribution in [3.05, 3.63) is 30.2 Å². The number of carbonyl (C=O) groups is 1. The van der Waals surface area contributed by atoms with Crippen LogP contribution >= 0.6 is 0 Å². The molecule has 1 aliphatic heterocycles. The summed E-state index contributed by atoms with van der Waals surface area (Å²) >= 11 is 0. The Morgan fingerprint density at radius 1 is 1.18 bits per heavy atom. The average molecular weight is 536 g/mol. The lowest BCUT2D eigenvalue weighted by Gasteiger charge is -2.58. The minimum atomic E-state index is -0.129. The van der Waals surface area contributed by atoms with Crippen LogP contribution in [0.4, 0.5) is 0 Å². The highest BCUT2D eigenvalue weighted by atomic mass is 16.5. The molecule has 9 atom stereocenters. The van der Waals surface area contributed by atoms with Gasteiger partial charge in [0.15, 0.2) is 0 Å². The van der Waals surface area contributed by atoms with Crippen molar-refractivity contribution in [1.82, 2.24) is 14.9 Å². The molecule has 1 N–H and O–H groups in total. The molecule has 1 unspecified atom stereocenters. The van der Waals surface area contributed by atoms with Crippen LogP contribution < -0.4 is 4.74 Å². The molecule has 3 saturated carbocycles. The lowest BCUT2D eigenvalue weighted by atomic mass is 9.47. The number of aliphatic hydroxyl groups is 1. The summed E-state index contributed by atoms with van der Waals surface area (Å²) < 4.78 is 6.04. The first-order valence-corrected chi connectivity index (χ1v) is 15.9. The predicted molar refractivity (Wildman–Crippen MR) is 152 cm³/mol. The molecule has 39 heavy (non-hydrogen) atoms. The van der Waals surface area contributed by atoms with Crippen molar-refractivity contribution in [1.29, 1.82) is 0 Å². The van der Waals surface area contributed by atoms with E-state index in [0.717, 1.165) is 68.7 Å². The van der Waals surface area contributed by atoms with Gasteiger partial charge in [0.1, 0.15) is 12.4 Å². The Balaban J connectivity index is 1.05. The summed E-state index contributed by atoms with van der Waals surface area (Å²) in [7, 11) is 0. The molecular weight excluding hydrogens is 486 g/mol. The molecule has 0 bridgehead atoms. The number of ether oxygens (including phenoxy) is 1. The summed E-state index contributed by atoms with van der Waals surface area (Å²) in [6.07, 6.45) is 18.8. The Kier molecular flexibility index (Phi) is 7.54. The van der Waals surface area contributed by atoms with Crippen molar-refractivity contribution in [3.8, 4) is 5.88 Å². The Labute approximate surface area is 235 Å². The maximum Gasteiger partial charge on any atom is 0.222 e. The quantitative estimate of drug-likeness (QED) is 0.439. The third-order valence-corrected chi connectivity index (χ3v) is 12.2. The van der Waals surface area contributed by atoms with E-state index < -0.39 is 0 Å². The third-order valence-electron chi connectivity index (χ3n) is 12.2. The average Bonchev–Trinajstić information content (AvgIpc) is 3.30. The second-order valence-electron chi connectivity index (χ2n) is 14.2. The number of aliphatic hydroxyl groups excluding tert-OH is 1. The number of rotatable bonds is 6. The van der Waals surface area contributed by atoms with E-state index in [1.165, 1.54) is 38.4 Å². The van der Waals surface area contributed by atoms with Crippen LogP contribution in [-0.4, -0.2) is 51.2 Å². The van der Waals surface area contributed by atoms with Crippen molar-refractivity contribution in [3.63, 3.8) is 0 Å². The molecule has 6 rings (SSSR count). The largest absolute Gasteiger partial charge is 0.472 e. The minimum Gasteiger partial charge on any atom is -0.472 e. The topological polar surface area (TPSA) is 75.6 Å². The Morgan fingerprint density at radius 3 is 2.87 bits per heavy atom. The molecular formula is C33H49N3O3. The Hall–Kier alpha value is -1.95. The normalized spacial score (nSPS) is 40.6. The van der Waals surface area contributed by atoms with Crippen molar-refractivity contribution in [2.24, 2.45) is 40.4 Å². The van der Waals surface area contributed by atoms with Gasteiger partial charge in [-0.15, -0.1) is 0 Å². The van der Waals surface area contributed by atoms with E-state index in [4.69, 9.17) is 4.74 Å². The second kappa shape index (κ2) is 10.8. The van der Waals surface area contributed by atoms with Crippen LogP contribution in [0, 0.1) is 40.4 Å². The molecule has 5 aliphatic rings. The highest BCUT2D eigenvalue weighted by molar-refractivity contribution is 5.76. The van der Waals surface area contributed by atoms with Crippen LogP contribution in [-0.2, 0) is 4.79 Å². The molecule has 2 heterocycles. The molecule has 4 aliphatic carbocycles. The minimum absolute atomic E-state index is 0.0130. The van der Waals surface area contributed by atoms with Gasteiger partial charge in [-0.05, 0) is 111 Å². The highest BCUT2D eigenvalue weighted by Crippen LogP contribution is 2.67. The van der Waals surface area contributed by atoms with Crippen molar-refractivity contribution < 1.29 is 14.6 Å². The monoisotopic (exact) mass is 535 g/mol. The van der Waals surface area contributed by atoms with Crippen LogP contribution in [0.1, 0.15) is 97.8 Å². The fourth-order valence-corrected chi connectivity index (χ4v) is 10.1. The van der Waals surface area contributed by atoms with Crippen molar-refractivity contribution in [2.45, 2.75) is 110 Å². The van der Waals surface area contributed by atoms with Gasteiger partial charge in [0.05, 0.1) is 12.6 Å². The zero-order valence-electron chi connectivity index (χ0n) is 24.4.